The summed E-state index contributed by atoms with van der Waals surface area (Å²) in [6, 6.07) is 9.60. The van der Waals surface area contributed by atoms with Crippen LogP contribution in [0.5, 0.6) is 5.75 Å². The molecular formula is C18H20N4O2. The van der Waals surface area contributed by atoms with Gasteiger partial charge in [0.25, 0.3) is 0 Å². The molecule has 6 nitrogen and oxygen atoms in total. The van der Waals surface area contributed by atoms with Crippen molar-refractivity contribution in [1.82, 2.24) is 14.6 Å². The number of fused-ring (bicyclic) bond motifs is 1. The van der Waals surface area contributed by atoms with Gasteiger partial charge in [0.2, 0.25) is 0 Å². The van der Waals surface area contributed by atoms with Gasteiger partial charge < -0.3 is 15.5 Å². The Morgan fingerprint density at radius 1 is 1.25 bits per heavy atom. The van der Waals surface area contributed by atoms with E-state index in [1.165, 1.54) is 0 Å². The number of aromatic nitrogens is 3. The molecule has 1 fully saturated rings. The number of rotatable bonds is 3. The van der Waals surface area contributed by atoms with E-state index in [0.29, 0.717) is 30.0 Å². The quantitative estimate of drug-likeness (QED) is 0.690. The average Bonchev–Trinajstić information content (AvgIpc) is 2.96. The van der Waals surface area contributed by atoms with Crippen LogP contribution in [0.1, 0.15) is 25.3 Å². The summed E-state index contributed by atoms with van der Waals surface area (Å²) in [6.07, 6.45) is 3.30. The van der Waals surface area contributed by atoms with Gasteiger partial charge in [-0.05, 0) is 56.5 Å². The highest BCUT2D eigenvalue weighted by atomic mass is 16.3. The lowest BCUT2D eigenvalue weighted by Gasteiger charge is -2.41. The second-order valence-corrected chi connectivity index (χ2v) is 6.90. The first-order chi connectivity index (χ1) is 11.4. The van der Waals surface area contributed by atoms with Crippen LogP contribution in [0, 0.1) is 6.92 Å². The van der Waals surface area contributed by atoms with Crippen LogP contribution in [0.25, 0.3) is 16.9 Å². The number of hydrogen-bond donors (Lipinski definition) is 3. The van der Waals surface area contributed by atoms with Crippen molar-refractivity contribution in [3.8, 4) is 17.1 Å². The zero-order valence-corrected chi connectivity index (χ0v) is 13.7. The standard InChI is InChI=1S/C18H20N4O2/c1-11-5-6-13(15(23)8-11)17-21-20-16(14-4-3-7-22(14)17)19-12-9-18(2,24)10-12/h3-8,12,23-24H,9-10H2,1-2H3,(H,19,20). The van der Waals surface area contributed by atoms with Crippen molar-refractivity contribution in [3.63, 3.8) is 0 Å². The summed E-state index contributed by atoms with van der Waals surface area (Å²) in [4.78, 5) is 0. The van der Waals surface area contributed by atoms with Crippen LogP contribution in [-0.4, -0.2) is 36.5 Å². The van der Waals surface area contributed by atoms with E-state index in [-0.39, 0.29) is 11.8 Å². The zero-order valence-electron chi connectivity index (χ0n) is 13.7. The van der Waals surface area contributed by atoms with Gasteiger partial charge in [0.15, 0.2) is 11.6 Å². The monoisotopic (exact) mass is 324 g/mol. The molecule has 1 saturated carbocycles. The molecule has 0 spiro atoms. The van der Waals surface area contributed by atoms with Crippen molar-refractivity contribution < 1.29 is 10.2 Å². The normalized spacial score (nSPS) is 23.2. The van der Waals surface area contributed by atoms with Crippen LogP contribution in [0.4, 0.5) is 5.82 Å². The lowest BCUT2D eigenvalue weighted by atomic mass is 9.77. The van der Waals surface area contributed by atoms with Gasteiger partial charge in [0, 0.05) is 12.2 Å². The number of aryl methyl sites for hydroxylation is 1. The number of phenolic OH excluding ortho intramolecular Hbond substituents is 1. The zero-order chi connectivity index (χ0) is 16.9. The van der Waals surface area contributed by atoms with Crippen molar-refractivity contribution in [2.45, 2.75) is 38.3 Å². The molecule has 0 bridgehead atoms. The van der Waals surface area contributed by atoms with Gasteiger partial charge >= 0.3 is 0 Å². The van der Waals surface area contributed by atoms with Gasteiger partial charge in [-0.15, -0.1) is 10.2 Å². The lowest BCUT2D eigenvalue weighted by Crippen LogP contribution is -2.48. The number of nitrogens with one attached hydrogen (secondary N) is 1. The average molecular weight is 324 g/mol. The predicted molar refractivity (Wildman–Crippen MR) is 92.1 cm³/mol. The Labute approximate surface area is 139 Å². The molecule has 0 radical (unpaired) electrons. The van der Waals surface area contributed by atoms with E-state index in [1.54, 1.807) is 6.07 Å². The van der Waals surface area contributed by atoms with Gasteiger partial charge in [-0.1, -0.05) is 6.07 Å². The largest absolute Gasteiger partial charge is 0.507 e. The van der Waals surface area contributed by atoms with Crippen molar-refractivity contribution in [1.29, 1.82) is 0 Å². The second-order valence-electron chi connectivity index (χ2n) is 6.90. The summed E-state index contributed by atoms with van der Waals surface area (Å²) in [5.74, 6) is 1.48. The van der Waals surface area contributed by atoms with E-state index >= 15 is 0 Å². The maximum atomic E-state index is 10.2. The molecule has 4 rings (SSSR count). The number of hydrogen-bond acceptors (Lipinski definition) is 5. The van der Waals surface area contributed by atoms with Gasteiger partial charge in [-0.25, -0.2) is 0 Å². The van der Waals surface area contributed by atoms with Crippen LogP contribution in [0.15, 0.2) is 36.5 Å². The molecule has 24 heavy (non-hydrogen) atoms. The summed E-state index contributed by atoms with van der Waals surface area (Å²) < 4.78 is 1.91. The Morgan fingerprint density at radius 2 is 2.04 bits per heavy atom. The summed E-state index contributed by atoms with van der Waals surface area (Å²) in [6.45, 7) is 3.77. The van der Waals surface area contributed by atoms with Crippen molar-refractivity contribution in [2.24, 2.45) is 0 Å². The van der Waals surface area contributed by atoms with Crippen molar-refractivity contribution in [3.05, 3.63) is 42.1 Å². The van der Waals surface area contributed by atoms with Crippen LogP contribution < -0.4 is 5.32 Å². The maximum absolute atomic E-state index is 10.2. The summed E-state index contributed by atoms with van der Waals surface area (Å²) in [5, 5.41) is 32.1. The van der Waals surface area contributed by atoms with Gasteiger partial charge in [0.1, 0.15) is 5.75 Å². The van der Waals surface area contributed by atoms with E-state index in [0.717, 1.165) is 11.1 Å². The van der Waals surface area contributed by atoms with Crippen molar-refractivity contribution >= 4 is 11.3 Å². The third-order valence-corrected chi connectivity index (χ3v) is 4.57. The molecular weight excluding hydrogens is 304 g/mol. The van der Waals surface area contributed by atoms with E-state index in [4.69, 9.17) is 0 Å². The first-order valence-corrected chi connectivity index (χ1v) is 8.06. The molecule has 3 N–H and O–H groups in total. The Bertz CT molecular complexity index is 909. The molecule has 1 aliphatic rings. The van der Waals surface area contributed by atoms with Crippen LogP contribution >= 0.6 is 0 Å². The fraction of sp³-hybridized carbons (Fsp3) is 0.333. The highest BCUT2D eigenvalue weighted by molar-refractivity contribution is 5.74. The van der Waals surface area contributed by atoms with E-state index < -0.39 is 5.60 Å². The van der Waals surface area contributed by atoms with E-state index in [1.807, 2.05) is 48.7 Å². The number of anilines is 1. The minimum atomic E-state index is -0.586. The van der Waals surface area contributed by atoms with Crippen LogP contribution in [0.3, 0.4) is 0 Å². The summed E-state index contributed by atoms with van der Waals surface area (Å²) >= 11 is 0. The molecule has 0 aliphatic heterocycles. The highest BCUT2D eigenvalue weighted by Crippen LogP contribution is 2.35. The Balaban J connectivity index is 1.72. The lowest BCUT2D eigenvalue weighted by molar-refractivity contribution is -0.0235. The molecule has 1 aromatic carbocycles. The Morgan fingerprint density at radius 3 is 2.75 bits per heavy atom. The first-order valence-electron chi connectivity index (χ1n) is 8.06. The summed E-state index contributed by atoms with van der Waals surface area (Å²) in [5.41, 5.74) is 1.94. The number of benzene rings is 1. The molecule has 0 amide bonds. The van der Waals surface area contributed by atoms with Gasteiger partial charge in [-0.3, -0.25) is 4.40 Å². The maximum Gasteiger partial charge on any atom is 0.173 e. The molecule has 6 heteroatoms. The highest BCUT2D eigenvalue weighted by Gasteiger charge is 2.38. The molecule has 3 aromatic rings. The minimum absolute atomic E-state index is 0.190. The molecule has 124 valence electrons. The predicted octanol–water partition coefficient (Wildman–Crippen LogP) is 2.74. The number of aromatic hydroxyl groups is 1. The second kappa shape index (κ2) is 5.21. The van der Waals surface area contributed by atoms with Gasteiger partial charge in [-0.2, -0.15) is 0 Å². The fourth-order valence-electron chi connectivity index (χ4n) is 3.37. The van der Waals surface area contributed by atoms with Crippen molar-refractivity contribution in [2.75, 3.05) is 5.32 Å². The topological polar surface area (TPSA) is 82.7 Å². The third-order valence-electron chi connectivity index (χ3n) is 4.57. The van der Waals surface area contributed by atoms with E-state index in [2.05, 4.69) is 15.5 Å². The Hall–Kier alpha value is -2.60. The number of phenols is 1. The molecule has 0 unspecified atom stereocenters. The number of nitrogens with zero attached hydrogens (tertiary/aromatic N) is 3. The molecule has 0 saturated heterocycles. The smallest absolute Gasteiger partial charge is 0.173 e. The SMILES string of the molecule is Cc1ccc(-c2nnc(NC3CC(C)(O)C3)c3cccn23)c(O)c1. The molecule has 2 heterocycles. The molecule has 2 aromatic heterocycles. The van der Waals surface area contributed by atoms with E-state index in [9.17, 15) is 10.2 Å². The third kappa shape index (κ3) is 2.49. The van der Waals surface area contributed by atoms with Crippen LogP contribution in [0.2, 0.25) is 0 Å². The Kier molecular flexibility index (Phi) is 3.25. The van der Waals surface area contributed by atoms with Crippen LogP contribution in [-0.2, 0) is 0 Å². The molecule has 0 atom stereocenters. The first kappa shape index (κ1) is 15.0. The fourth-order valence-corrected chi connectivity index (χ4v) is 3.37. The van der Waals surface area contributed by atoms with Gasteiger partial charge in [0.05, 0.1) is 16.7 Å². The molecule has 1 aliphatic carbocycles. The summed E-state index contributed by atoms with van der Waals surface area (Å²) in [7, 11) is 0. The number of aliphatic hydroxyl groups is 1. The minimum Gasteiger partial charge on any atom is -0.507 e.